The summed E-state index contributed by atoms with van der Waals surface area (Å²) >= 11 is 0. The smallest absolute Gasteiger partial charge is 0.257 e. The first-order valence-electron chi connectivity index (χ1n) is 9.07. The first-order chi connectivity index (χ1) is 13.5. The van der Waals surface area contributed by atoms with Gasteiger partial charge >= 0.3 is 0 Å². The maximum Gasteiger partial charge on any atom is 0.257 e. The number of rotatable bonds is 6. The SMILES string of the molecule is C[C@H](c1ccccc1)N(C(=O)c1ccccc1N)[C@H](C(N)=O)c1ccccc1. The van der Waals surface area contributed by atoms with Crippen LogP contribution in [0.25, 0.3) is 0 Å². The van der Waals surface area contributed by atoms with Crippen LogP contribution < -0.4 is 11.5 Å². The molecule has 3 aromatic carbocycles. The number of amides is 2. The highest BCUT2D eigenvalue weighted by Crippen LogP contribution is 2.33. The lowest BCUT2D eigenvalue weighted by Gasteiger charge is -2.36. The van der Waals surface area contributed by atoms with Crippen molar-refractivity contribution < 1.29 is 9.59 Å². The Morgan fingerprint density at radius 2 is 1.29 bits per heavy atom. The van der Waals surface area contributed by atoms with Crippen LogP contribution in [-0.4, -0.2) is 16.7 Å². The molecule has 3 aromatic rings. The highest BCUT2D eigenvalue weighted by molar-refractivity contribution is 6.01. The van der Waals surface area contributed by atoms with Crippen LogP contribution in [0.3, 0.4) is 0 Å². The summed E-state index contributed by atoms with van der Waals surface area (Å²) in [5.74, 6) is -0.945. The number of para-hydroxylation sites is 1. The Kier molecular flexibility index (Phi) is 5.75. The van der Waals surface area contributed by atoms with Gasteiger partial charge in [0.15, 0.2) is 0 Å². The molecule has 0 aliphatic carbocycles. The molecule has 0 saturated heterocycles. The molecule has 3 rings (SSSR count). The van der Waals surface area contributed by atoms with Crippen LogP contribution in [0.15, 0.2) is 84.9 Å². The van der Waals surface area contributed by atoms with Gasteiger partial charge in [0.1, 0.15) is 6.04 Å². The number of hydrogen-bond donors (Lipinski definition) is 2. The second kappa shape index (κ2) is 8.39. The Balaban J connectivity index is 2.14. The van der Waals surface area contributed by atoms with Crippen LogP contribution in [0, 0.1) is 0 Å². The van der Waals surface area contributed by atoms with Gasteiger partial charge in [0.05, 0.1) is 11.6 Å². The molecule has 4 N–H and O–H groups in total. The van der Waals surface area contributed by atoms with Crippen molar-refractivity contribution in [3.63, 3.8) is 0 Å². The topological polar surface area (TPSA) is 89.4 Å². The van der Waals surface area contributed by atoms with E-state index in [1.807, 2.05) is 55.5 Å². The van der Waals surface area contributed by atoms with Gasteiger partial charge in [0, 0.05) is 5.69 Å². The van der Waals surface area contributed by atoms with Gasteiger partial charge in [-0.1, -0.05) is 72.8 Å². The molecule has 2 atom stereocenters. The number of nitrogens with zero attached hydrogens (tertiary/aromatic N) is 1. The second-order valence-corrected chi connectivity index (χ2v) is 6.60. The third-order valence-electron chi connectivity index (χ3n) is 4.79. The van der Waals surface area contributed by atoms with Crippen molar-refractivity contribution >= 4 is 17.5 Å². The number of primary amides is 1. The molecule has 2 amide bonds. The van der Waals surface area contributed by atoms with Crippen molar-refractivity contribution in [2.45, 2.75) is 19.0 Å². The van der Waals surface area contributed by atoms with Gasteiger partial charge in [0.25, 0.3) is 5.91 Å². The molecule has 0 aromatic heterocycles. The summed E-state index contributed by atoms with van der Waals surface area (Å²) in [5, 5.41) is 0. The summed E-state index contributed by atoms with van der Waals surface area (Å²) in [6, 6.07) is 24.1. The lowest BCUT2D eigenvalue weighted by atomic mass is 9.97. The van der Waals surface area contributed by atoms with Crippen molar-refractivity contribution in [3.8, 4) is 0 Å². The summed E-state index contributed by atoms with van der Waals surface area (Å²) in [6.45, 7) is 1.88. The van der Waals surface area contributed by atoms with E-state index in [1.54, 1.807) is 36.4 Å². The van der Waals surface area contributed by atoms with Crippen molar-refractivity contribution in [1.82, 2.24) is 4.90 Å². The molecule has 0 saturated carbocycles. The number of carbonyl (C=O) groups is 2. The highest BCUT2D eigenvalue weighted by atomic mass is 16.2. The molecule has 0 heterocycles. The normalized spacial score (nSPS) is 12.8. The van der Waals surface area contributed by atoms with Gasteiger partial charge in [-0.2, -0.15) is 0 Å². The number of nitrogen functional groups attached to an aromatic ring is 1. The Labute approximate surface area is 164 Å². The zero-order valence-corrected chi connectivity index (χ0v) is 15.7. The lowest BCUT2D eigenvalue weighted by Crippen LogP contribution is -2.43. The van der Waals surface area contributed by atoms with Crippen LogP contribution in [-0.2, 0) is 4.79 Å². The van der Waals surface area contributed by atoms with Gasteiger partial charge < -0.3 is 16.4 Å². The largest absolute Gasteiger partial charge is 0.398 e. The molecule has 0 spiro atoms. The van der Waals surface area contributed by atoms with E-state index < -0.39 is 18.0 Å². The van der Waals surface area contributed by atoms with E-state index >= 15 is 0 Å². The van der Waals surface area contributed by atoms with Crippen LogP contribution in [0.1, 0.15) is 40.5 Å². The van der Waals surface area contributed by atoms with Gasteiger partial charge in [-0.05, 0) is 30.2 Å². The van der Waals surface area contributed by atoms with E-state index in [1.165, 1.54) is 4.90 Å². The molecule has 0 radical (unpaired) electrons. The summed E-state index contributed by atoms with van der Waals surface area (Å²) < 4.78 is 0. The van der Waals surface area contributed by atoms with Gasteiger partial charge in [-0.3, -0.25) is 9.59 Å². The lowest BCUT2D eigenvalue weighted by molar-refractivity contribution is -0.123. The minimum Gasteiger partial charge on any atom is -0.398 e. The van der Waals surface area contributed by atoms with E-state index in [2.05, 4.69) is 0 Å². The molecule has 0 aliphatic rings. The second-order valence-electron chi connectivity index (χ2n) is 6.60. The highest BCUT2D eigenvalue weighted by Gasteiger charge is 2.35. The molecule has 5 nitrogen and oxygen atoms in total. The summed E-state index contributed by atoms with van der Waals surface area (Å²) in [4.78, 5) is 27.5. The fourth-order valence-electron chi connectivity index (χ4n) is 3.34. The predicted molar refractivity (Wildman–Crippen MR) is 110 cm³/mol. The molecule has 142 valence electrons. The first kappa shape index (κ1) is 19.2. The maximum atomic E-state index is 13.5. The number of hydrogen-bond acceptors (Lipinski definition) is 3. The molecule has 0 aliphatic heterocycles. The maximum absolute atomic E-state index is 13.5. The quantitative estimate of drug-likeness (QED) is 0.646. The molecule has 5 heteroatoms. The fraction of sp³-hybridized carbons (Fsp3) is 0.130. The summed E-state index contributed by atoms with van der Waals surface area (Å²) in [7, 11) is 0. The minimum absolute atomic E-state index is 0.340. The molecule has 0 unspecified atom stereocenters. The van der Waals surface area contributed by atoms with Crippen molar-refractivity contribution in [2.24, 2.45) is 5.73 Å². The Bertz CT molecular complexity index is 958. The zero-order chi connectivity index (χ0) is 20.1. The molecular weight excluding hydrogens is 350 g/mol. The molecule has 0 bridgehead atoms. The Hall–Kier alpha value is -3.60. The monoisotopic (exact) mass is 373 g/mol. The zero-order valence-electron chi connectivity index (χ0n) is 15.7. The average Bonchev–Trinajstić information content (AvgIpc) is 2.72. The Morgan fingerprint density at radius 1 is 0.786 bits per heavy atom. The number of carbonyl (C=O) groups excluding carboxylic acids is 2. The third kappa shape index (κ3) is 3.88. The molecular formula is C23H23N3O2. The van der Waals surface area contributed by atoms with Crippen LogP contribution in [0.5, 0.6) is 0 Å². The van der Waals surface area contributed by atoms with E-state index in [9.17, 15) is 9.59 Å². The summed E-state index contributed by atoms with van der Waals surface area (Å²) in [6.07, 6.45) is 0. The van der Waals surface area contributed by atoms with Crippen LogP contribution in [0.4, 0.5) is 5.69 Å². The van der Waals surface area contributed by atoms with E-state index in [0.717, 1.165) is 5.56 Å². The van der Waals surface area contributed by atoms with E-state index in [4.69, 9.17) is 11.5 Å². The molecule has 28 heavy (non-hydrogen) atoms. The fourth-order valence-corrected chi connectivity index (χ4v) is 3.34. The third-order valence-corrected chi connectivity index (χ3v) is 4.79. The first-order valence-corrected chi connectivity index (χ1v) is 9.07. The van der Waals surface area contributed by atoms with E-state index in [-0.39, 0.29) is 5.91 Å². The van der Waals surface area contributed by atoms with Crippen molar-refractivity contribution in [2.75, 3.05) is 5.73 Å². The minimum atomic E-state index is -0.927. The number of nitrogens with two attached hydrogens (primary N) is 2. The van der Waals surface area contributed by atoms with Crippen molar-refractivity contribution in [1.29, 1.82) is 0 Å². The standard InChI is InChI=1S/C23H23N3O2/c1-16(17-10-4-2-5-11-17)26(23(28)19-14-8-9-15-20(19)24)21(22(25)27)18-12-6-3-7-13-18/h2-16,21H,24H2,1H3,(H2,25,27)/t16-,21+/m1/s1. The van der Waals surface area contributed by atoms with Crippen LogP contribution in [0.2, 0.25) is 0 Å². The Morgan fingerprint density at radius 3 is 1.82 bits per heavy atom. The van der Waals surface area contributed by atoms with Crippen molar-refractivity contribution in [3.05, 3.63) is 102 Å². The predicted octanol–water partition coefficient (Wildman–Crippen LogP) is 3.70. The van der Waals surface area contributed by atoms with Gasteiger partial charge in [-0.15, -0.1) is 0 Å². The number of benzene rings is 3. The number of anilines is 1. The van der Waals surface area contributed by atoms with Crippen LogP contribution >= 0.6 is 0 Å². The molecule has 0 fully saturated rings. The average molecular weight is 373 g/mol. The van der Waals surface area contributed by atoms with E-state index in [0.29, 0.717) is 16.8 Å². The summed E-state index contributed by atoms with van der Waals surface area (Å²) in [5.41, 5.74) is 14.1. The van der Waals surface area contributed by atoms with Gasteiger partial charge in [0.2, 0.25) is 5.91 Å². The van der Waals surface area contributed by atoms with Gasteiger partial charge in [-0.25, -0.2) is 0 Å².